The van der Waals surface area contributed by atoms with Crippen molar-refractivity contribution in [2.45, 2.75) is 26.1 Å². The predicted octanol–water partition coefficient (Wildman–Crippen LogP) is 5.88. The number of hydrogen-bond acceptors (Lipinski definition) is 6. The molecule has 5 rings (SSSR count). The van der Waals surface area contributed by atoms with Crippen LogP contribution in [0.1, 0.15) is 35.4 Å². The molecular formula is C31H27NO6. The van der Waals surface area contributed by atoms with Crippen LogP contribution in [-0.4, -0.2) is 28.3 Å². The molecule has 2 heterocycles. The van der Waals surface area contributed by atoms with E-state index in [0.717, 1.165) is 5.56 Å². The molecule has 0 aliphatic carbocycles. The van der Waals surface area contributed by atoms with Crippen LogP contribution >= 0.6 is 0 Å². The van der Waals surface area contributed by atoms with Crippen molar-refractivity contribution >= 4 is 17.4 Å². The first-order chi connectivity index (χ1) is 18.5. The molecule has 192 valence electrons. The quantitative estimate of drug-likeness (QED) is 0.172. The van der Waals surface area contributed by atoms with E-state index in [1.54, 1.807) is 48.5 Å². The lowest BCUT2D eigenvalue weighted by Crippen LogP contribution is -2.29. The Morgan fingerprint density at radius 1 is 0.895 bits per heavy atom. The van der Waals surface area contributed by atoms with Gasteiger partial charge < -0.3 is 23.9 Å². The van der Waals surface area contributed by atoms with E-state index in [0.29, 0.717) is 41.6 Å². The van der Waals surface area contributed by atoms with Gasteiger partial charge in [-0.25, -0.2) is 0 Å². The highest BCUT2D eigenvalue weighted by molar-refractivity contribution is 6.46. The molecule has 1 fully saturated rings. The summed E-state index contributed by atoms with van der Waals surface area (Å²) in [6.45, 7) is 2.82. The van der Waals surface area contributed by atoms with E-state index in [4.69, 9.17) is 13.9 Å². The van der Waals surface area contributed by atoms with E-state index >= 15 is 0 Å². The topological polar surface area (TPSA) is 89.2 Å². The molecule has 1 amide bonds. The van der Waals surface area contributed by atoms with Gasteiger partial charge in [-0.2, -0.15) is 0 Å². The molecule has 1 aliphatic heterocycles. The standard InChI is InChI=1S/C31H27NO6/c1-2-36-24-15-13-22(14-16-24)29(33)27-28(32(31(35)30(27)34)19-26-12-7-17-37-26)23-10-6-11-25(18-23)38-20-21-8-4-3-5-9-21/h3-18,28,33H,2,19-20H2,1H3/b29-27+. The zero-order chi connectivity index (χ0) is 26.5. The van der Waals surface area contributed by atoms with Gasteiger partial charge >= 0.3 is 0 Å². The van der Waals surface area contributed by atoms with Crippen LogP contribution in [0.15, 0.2) is 107 Å². The zero-order valence-corrected chi connectivity index (χ0v) is 20.9. The summed E-state index contributed by atoms with van der Waals surface area (Å²) in [4.78, 5) is 28.0. The molecule has 4 aromatic rings. The minimum Gasteiger partial charge on any atom is -0.507 e. The summed E-state index contributed by atoms with van der Waals surface area (Å²) in [6, 6.07) is 26.4. The molecule has 1 aliphatic rings. The van der Waals surface area contributed by atoms with E-state index in [1.165, 1.54) is 11.2 Å². The largest absolute Gasteiger partial charge is 0.507 e. The van der Waals surface area contributed by atoms with Gasteiger partial charge in [0.05, 0.1) is 31.0 Å². The second-order valence-corrected chi connectivity index (χ2v) is 8.81. The Bertz CT molecular complexity index is 1440. The Balaban J connectivity index is 1.54. The van der Waals surface area contributed by atoms with Gasteiger partial charge in [-0.15, -0.1) is 0 Å². The third-order valence-corrected chi connectivity index (χ3v) is 6.31. The van der Waals surface area contributed by atoms with E-state index < -0.39 is 17.7 Å². The monoisotopic (exact) mass is 509 g/mol. The van der Waals surface area contributed by atoms with Crippen LogP contribution in [0.2, 0.25) is 0 Å². The molecule has 38 heavy (non-hydrogen) atoms. The van der Waals surface area contributed by atoms with Crippen LogP contribution in [-0.2, 0) is 22.7 Å². The van der Waals surface area contributed by atoms with Gasteiger partial charge in [0, 0.05) is 5.56 Å². The fourth-order valence-corrected chi connectivity index (χ4v) is 4.51. The molecule has 1 aromatic heterocycles. The highest BCUT2D eigenvalue weighted by atomic mass is 16.5. The fraction of sp³-hybridized carbons (Fsp3) is 0.161. The fourth-order valence-electron chi connectivity index (χ4n) is 4.51. The third-order valence-electron chi connectivity index (χ3n) is 6.31. The average Bonchev–Trinajstić information content (AvgIpc) is 3.55. The summed E-state index contributed by atoms with van der Waals surface area (Å²) in [7, 11) is 0. The molecule has 7 heteroatoms. The summed E-state index contributed by atoms with van der Waals surface area (Å²) in [5.74, 6) is 0.0135. The second kappa shape index (κ2) is 11.1. The van der Waals surface area contributed by atoms with Crippen molar-refractivity contribution in [2.75, 3.05) is 6.61 Å². The van der Waals surface area contributed by atoms with Crippen LogP contribution in [0.25, 0.3) is 5.76 Å². The Hall–Kier alpha value is -4.78. The van der Waals surface area contributed by atoms with Gasteiger partial charge in [0.2, 0.25) is 0 Å². The van der Waals surface area contributed by atoms with Crippen molar-refractivity contribution in [3.8, 4) is 11.5 Å². The Labute approximate surface area is 220 Å². The van der Waals surface area contributed by atoms with Crippen LogP contribution in [0.3, 0.4) is 0 Å². The SMILES string of the molecule is CCOc1ccc(/C(O)=C2\C(=O)C(=O)N(Cc3ccco3)C2c2cccc(OCc3ccccc3)c2)cc1. The van der Waals surface area contributed by atoms with Gasteiger partial charge in [-0.3, -0.25) is 9.59 Å². The summed E-state index contributed by atoms with van der Waals surface area (Å²) in [5.41, 5.74) is 2.06. The number of carbonyl (C=O) groups excluding carboxylic acids is 2. The van der Waals surface area contributed by atoms with Crippen LogP contribution < -0.4 is 9.47 Å². The minimum atomic E-state index is -0.841. The van der Waals surface area contributed by atoms with Crippen LogP contribution in [0, 0.1) is 0 Å². The number of ketones is 1. The first kappa shape index (κ1) is 24.9. The van der Waals surface area contributed by atoms with Gasteiger partial charge in [0.15, 0.2) is 0 Å². The smallest absolute Gasteiger partial charge is 0.296 e. The molecule has 1 atom stereocenters. The number of hydrogen-bond donors (Lipinski definition) is 1. The molecule has 1 unspecified atom stereocenters. The molecule has 0 bridgehead atoms. The van der Waals surface area contributed by atoms with Crippen LogP contribution in [0.5, 0.6) is 11.5 Å². The molecule has 1 saturated heterocycles. The van der Waals surface area contributed by atoms with Crippen molar-refractivity contribution in [2.24, 2.45) is 0 Å². The van der Waals surface area contributed by atoms with E-state index in [-0.39, 0.29) is 17.9 Å². The molecule has 0 radical (unpaired) electrons. The van der Waals surface area contributed by atoms with Crippen molar-refractivity contribution in [1.29, 1.82) is 0 Å². The van der Waals surface area contributed by atoms with E-state index in [9.17, 15) is 14.7 Å². The zero-order valence-electron chi connectivity index (χ0n) is 20.9. The van der Waals surface area contributed by atoms with Crippen LogP contribution in [0.4, 0.5) is 0 Å². The first-order valence-corrected chi connectivity index (χ1v) is 12.4. The van der Waals surface area contributed by atoms with Crippen molar-refractivity contribution in [3.05, 3.63) is 125 Å². The Morgan fingerprint density at radius 2 is 1.68 bits per heavy atom. The lowest BCUT2D eigenvalue weighted by atomic mass is 9.95. The van der Waals surface area contributed by atoms with Crippen molar-refractivity contribution in [1.82, 2.24) is 4.90 Å². The second-order valence-electron chi connectivity index (χ2n) is 8.81. The molecule has 0 spiro atoms. The normalized spacial score (nSPS) is 16.6. The van der Waals surface area contributed by atoms with Gasteiger partial charge in [0.25, 0.3) is 11.7 Å². The van der Waals surface area contributed by atoms with E-state index in [2.05, 4.69) is 0 Å². The summed E-state index contributed by atoms with van der Waals surface area (Å²) >= 11 is 0. The molecule has 7 nitrogen and oxygen atoms in total. The van der Waals surface area contributed by atoms with Gasteiger partial charge in [0.1, 0.15) is 29.6 Å². The summed E-state index contributed by atoms with van der Waals surface area (Å²) < 4.78 is 17.0. The van der Waals surface area contributed by atoms with Gasteiger partial charge in [-0.05, 0) is 66.6 Å². The molecule has 1 N–H and O–H groups in total. The number of benzene rings is 3. The maximum atomic E-state index is 13.3. The lowest BCUT2D eigenvalue weighted by molar-refractivity contribution is -0.140. The Kier molecular flexibility index (Phi) is 7.26. The molecular weight excluding hydrogens is 482 g/mol. The highest BCUT2D eigenvalue weighted by Crippen LogP contribution is 2.41. The number of ether oxygens (including phenoxy) is 2. The molecule has 0 saturated carbocycles. The Morgan fingerprint density at radius 3 is 2.39 bits per heavy atom. The van der Waals surface area contributed by atoms with Crippen molar-refractivity contribution in [3.63, 3.8) is 0 Å². The predicted molar refractivity (Wildman–Crippen MR) is 141 cm³/mol. The number of aliphatic hydroxyl groups is 1. The summed E-state index contributed by atoms with van der Waals surface area (Å²) in [5, 5.41) is 11.3. The third kappa shape index (κ3) is 5.18. The van der Waals surface area contributed by atoms with Crippen molar-refractivity contribution < 1.29 is 28.6 Å². The number of aliphatic hydroxyl groups excluding tert-OH is 1. The number of amides is 1. The lowest BCUT2D eigenvalue weighted by Gasteiger charge is -2.25. The number of rotatable bonds is 9. The highest BCUT2D eigenvalue weighted by Gasteiger charge is 2.46. The number of Topliss-reactive ketones (excluding diaryl/α,β-unsaturated/α-hetero) is 1. The number of furan rings is 1. The summed E-state index contributed by atoms with van der Waals surface area (Å²) in [6.07, 6.45) is 1.51. The van der Waals surface area contributed by atoms with Gasteiger partial charge in [-0.1, -0.05) is 42.5 Å². The first-order valence-electron chi connectivity index (χ1n) is 12.4. The number of likely N-dealkylation sites (tertiary alicyclic amines) is 1. The average molecular weight is 510 g/mol. The number of nitrogens with zero attached hydrogens (tertiary/aromatic N) is 1. The minimum absolute atomic E-state index is 0.00549. The number of carbonyl (C=O) groups is 2. The maximum Gasteiger partial charge on any atom is 0.296 e. The maximum absolute atomic E-state index is 13.3. The van der Waals surface area contributed by atoms with E-state index in [1.807, 2.05) is 49.4 Å². The molecule has 3 aromatic carbocycles.